The van der Waals surface area contributed by atoms with Crippen molar-refractivity contribution in [2.75, 3.05) is 70.2 Å². The minimum atomic E-state index is -5.57. The first-order valence-electron chi connectivity index (χ1n) is 19.3. The van der Waals surface area contributed by atoms with Crippen molar-refractivity contribution in [1.29, 1.82) is 5.26 Å². The van der Waals surface area contributed by atoms with E-state index >= 15 is 30.7 Å². The molecule has 0 spiro atoms. The van der Waals surface area contributed by atoms with Gasteiger partial charge in [0.05, 0.1) is 64.2 Å². The number of benzene rings is 2. The Hall–Kier alpha value is -4.81. The van der Waals surface area contributed by atoms with E-state index in [1.54, 1.807) is 13.0 Å². The fraction of sp³-hybridized carbons (Fsp3) is 0.538. The molecule has 4 fully saturated rings. The van der Waals surface area contributed by atoms with Crippen LogP contribution in [0.15, 0.2) is 18.2 Å². The molecule has 60 heavy (non-hydrogen) atoms. The number of methoxy groups -OCH3 is 1. The number of carbonyl (C=O) groups is 1. The van der Waals surface area contributed by atoms with Gasteiger partial charge in [-0.3, -0.25) is 4.90 Å². The second-order valence-corrected chi connectivity index (χ2v) is 16.8. The third kappa shape index (κ3) is 7.07. The number of nitrogens with two attached hydrogens (primary N) is 1. The number of likely N-dealkylation sites (tertiary alicyclic amines) is 2. The standard InChI is InChI=1S/C39H39F9N8O3S/c1-3-55(21-9-22(17-58-2)56(16-21)36(57)53-13-20(41)14-53)34-24-10-26(38(43,44)45)29(23-5-6-27(42)32-28(23)25(12-49)33(50)60-32)30(39(46,47)48)31(24)51-35(52-34)59-18-37-7-4-8-54(37)15-19(40)11-37/h5-6,10,19-22H,3-4,7-9,11,13-18,50H2,1-2H3. The van der Waals surface area contributed by atoms with Gasteiger partial charge < -0.3 is 29.9 Å². The van der Waals surface area contributed by atoms with Crippen LogP contribution in [0, 0.1) is 17.1 Å². The Kier molecular flexibility index (Phi) is 10.7. The fourth-order valence-electron chi connectivity index (χ4n) is 9.50. The third-order valence-corrected chi connectivity index (χ3v) is 13.2. The van der Waals surface area contributed by atoms with E-state index in [2.05, 4.69) is 9.97 Å². The summed E-state index contributed by atoms with van der Waals surface area (Å²) in [5.41, 5.74) is -2.11. The first-order valence-corrected chi connectivity index (χ1v) is 20.1. The van der Waals surface area contributed by atoms with Gasteiger partial charge in [0.2, 0.25) is 0 Å². The summed E-state index contributed by atoms with van der Waals surface area (Å²) in [5.74, 6) is -1.37. The molecule has 322 valence electrons. The third-order valence-electron chi connectivity index (χ3n) is 12.1. The predicted molar refractivity (Wildman–Crippen MR) is 204 cm³/mol. The summed E-state index contributed by atoms with van der Waals surface area (Å²) in [6.45, 7) is 1.75. The quantitative estimate of drug-likeness (QED) is 0.168. The minimum Gasteiger partial charge on any atom is -0.461 e. The van der Waals surface area contributed by atoms with Gasteiger partial charge in [0, 0.05) is 49.5 Å². The summed E-state index contributed by atoms with van der Waals surface area (Å²) in [7, 11) is 1.41. The van der Waals surface area contributed by atoms with Gasteiger partial charge in [-0.1, -0.05) is 6.07 Å². The molecule has 0 radical (unpaired) electrons. The number of ether oxygens (including phenoxy) is 2. The summed E-state index contributed by atoms with van der Waals surface area (Å²) in [5, 5.41) is 8.45. The van der Waals surface area contributed by atoms with Crippen LogP contribution in [0.2, 0.25) is 0 Å². The zero-order valence-corrected chi connectivity index (χ0v) is 33.1. The summed E-state index contributed by atoms with van der Waals surface area (Å²) >= 11 is 0.510. The Labute approximate surface area is 341 Å². The molecule has 6 heterocycles. The number of nitriles is 1. The number of urea groups is 1. The van der Waals surface area contributed by atoms with Gasteiger partial charge in [0.15, 0.2) is 0 Å². The molecule has 4 aliphatic rings. The molecule has 4 unspecified atom stereocenters. The van der Waals surface area contributed by atoms with Crippen molar-refractivity contribution in [2.24, 2.45) is 0 Å². The fourth-order valence-corrected chi connectivity index (χ4v) is 10.4. The number of aromatic nitrogens is 2. The van der Waals surface area contributed by atoms with E-state index in [0.29, 0.717) is 42.9 Å². The monoisotopic (exact) mass is 870 g/mol. The minimum absolute atomic E-state index is 0.0295. The number of rotatable bonds is 9. The van der Waals surface area contributed by atoms with Crippen molar-refractivity contribution in [3.63, 3.8) is 0 Å². The SMILES string of the molecule is CCN(c1nc(OCC23CCCN2CC(F)C3)nc2c(C(F)(F)F)c(-c3ccc(F)c4sc(N)c(C#N)c34)c(C(F)(F)F)cc12)C1CC(COC)N(C(=O)N2CC(F)C2)C1. The normalized spacial score (nSPS) is 23.7. The van der Waals surface area contributed by atoms with Crippen LogP contribution in [0.1, 0.15) is 49.3 Å². The Morgan fingerprint density at radius 3 is 2.50 bits per heavy atom. The molecule has 2 aromatic carbocycles. The van der Waals surface area contributed by atoms with Crippen LogP contribution in [0.3, 0.4) is 0 Å². The zero-order valence-electron chi connectivity index (χ0n) is 32.3. The van der Waals surface area contributed by atoms with Crippen molar-refractivity contribution >= 4 is 49.2 Å². The lowest BCUT2D eigenvalue weighted by molar-refractivity contribution is -0.141. The molecule has 4 aliphatic heterocycles. The van der Waals surface area contributed by atoms with E-state index in [-0.39, 0.29) is 69.6 Å². The van der Waals surface area contributed by atoms with E-state index in [9.17, 15) is 18.8 Å². The number of carbonyl (C=O) groups excluding carboxylic acids is 1. The molecule has 4 atom stereocenters. The lowest BCUT2D eigenvalue weighted by Crippen LogP contribution is -2.57. The number of likely N-dealkylation sites (N-methyl/N-ethyl adjacent to an activating group) is 1. The first kappa shape index (κ1) is 41.9. The lowest BCUT2D eigenvalue weighted by Gasteiger charge is -2.39. The van der Waals surface area contributed by atoms with Crippen molar-refractivity contribution in [1.82, 2.24) is 24.7 Å². The Morgan fingerprint density at radius 1 is 1.10 bits per heavy atom. The van der Waals surface area contributed by atoms with Crippen LogP contribution in [-0.4, -0.2) is 120 Å². The Morgan fingerprint density at radius 2 is 1.85 bits per heavy atom. The molecule has 2 N–H and O–H groups in total. The molecule has 11 nitrogen and oxygen atoms in total. The molecular weight excluding hydrogens is 832 g/mol. The molecule has 0 aliphatic carbocycles. The smallest absolute Gasteiger partial charge is 0.419 e. The molecule has 4 saturated heterocycles. The number of nitrogen functional groups attached to an aromatic ring is 1. The van der Waals surface area contributed by atoms with Crippen LogP contribution in [0.5, 0.6) is 6.01 Å². The molecule has 0 bridgehead atoms. The second-order valence-electron chi connectivity index (χ2n) is 15.7. The molecule has 2 aromatic heterocycles. The largest absolute Gasteiger partial charge is 0.461 e. The topological polar surface area (TPSA) is 124 Å². The number of hydrogen-bond acceptors (Lipinski definition) is 10. The van der Waals surface area contributed by atoms with Crippen molar-refractivity contribution in [3.8, 4) is 23.2 Å². The van der Waals surface area contributed by atoms with Crippen LogP contribution in [-0.2, 0) is 17.1 Å². The van der Waals surface area contributed by atoms with Gasteiger partial charge in [0.25, 0.3) is 0 Å². The highest BCUT2D eigenvalue weighted by atomic mass is 32.1. The number of nitrogens with zero attached hydrogens (tertiary/aromatic N) is 7. The maximum Gasteiger partial charge on any atom is 0.419 e. The number of halogens is 9. The van der Waals surface area contributed by atoms with Gasteiger partial charge in [-0.2, -0.15) is 41.6 Å². The zero-order chi connectivity index (χ0) is 43.1. The first-order chi connectivity index (χ1) is 28.4. The summed E-state index contributed by atoms with van der Waals surface area (Å²) in [6.07, 6.45) is -12.0. The number of hydrogen-bond donors (Lipinski definition) is 1. The number of anilines is 2. The van der Waals surface area contributed by atoms with E-state index in [1.807, 2.05) is 4.90 Å². The Balaban J connectivity index is 1.37. The maximum absolute atomic E-state index is 15.8. The summed E-state index contributed by atoms with van der Waals surface area (Å²) < 4.78 is 149. The highest BCUT2D eigenvalue weighted by Gasteiger charge is 2.50. The predicted octanol–water partition coefficient (Wildman–Crippen LogP) is 7.79. The van der Waals surface area contributed by atoms with Crippen molar-refractivity contribution in [3.05, 3.63) is 40.7 Å². The average molecular weight is 871 g/mol. The van der Waals surface area contributed by atoms with E-state index in [0.717, 1.165) is 6.07 Å². The molecule has 21 heteroatoms. The lowest BCUT2D eigenvalue weighted by atomic mass is 9.88. The van der Waals surface area contributed by atoms with Crippen molar-refractivity contribution in [2.45, 2.75) is 74.9 Å². The highest BCUT2D eigenvalue weighted by Crippen LogP contribution is 2.52. The van der Waals surface area contributed by atoms with Gasteiger partial charge in [-0.05, 0) is 50.4 Å². The molecule has 8 rings (SSSR count). The van der Waals surface area contributed by atoms with E-state index in [4.69, 9.17) is 15.2 Å². The maximum atomic E-state index is 15.8. The summed E-state index contributed by atoms with van der Waals surface area (Å²) in [6, 6.07) is 1.21. The average Bonchev–Trinajstić information content (AvgIpc) is 3.92. The van der Waals surface area contributed by atoms with Crippen LogP contribution < -0.4 is 15.4 Å². The van der Waals surface area contributed by atoms with Gasteiger partial charge in [-0.15, -0.1) is 11.3 Å². The van der Waals surface area contributed by atoms with Crippen LogP contribution in [0.4, 0.5) is 55.1 Å². The molecule has 0 saturated carbocycles. The van der Waals surface area contributed by atoms with Crippen LogP contribution in [0.25, 0.3) is 32.1 Å². The second kappa shape index (κ2) is 15.3. The number of thiophene rings is 1. The molecule has 2 amide bonds. The van der Waals surface area contributed by atoms with E-state index < -0.39 is 109 Å². The van der Waals surface area contributed by atoms with Crippen LogP contribution >= 0.6 is 11.3 Å². The Bertz CT molecular complexity index is 2380. The number of fused-ring (bicyclic) bond motifs is 3. The molecular formula is C39H39F9N8O3S. The summed E-state index contributed by atoms with van der Waals surface area (Å²) in [4.78, 5) is 28.3. The van der Waals surface area contributed by atoms with Gasteiger partial charge in [-0.25, -0.2) is 18.0 Å². The molecule has 4 aromatic rings. The number of amides is 2. The number of alkyl halides is 8. The van der Waals surface area contributed by atoms with Crippen molar-refractivity contribution < 1.29 is 53.8 Å². The van der Waals surface area contributed by atoms with Gasteiger partial charge >= 0.3 is 24.4 Å². The highest BCUT2D eigenvalue weighted by molar-refractivity contribution is 7.23. The van der Waals surface area contributed by atoms with E-state index in [1.165, 1.54) is 21.8 Å². The van der Waals surface area contributed by atoms with Gasteiger partial charge in [0.1, 0.15) is 41.7 Å².